The third-order valence-corrected chi connectivity index (χ3v) is 14.1. The molecule has 1 heteroatoms. The van der Waals surface area contributed by atoms with Crippen molar-refractivity contribution in [1.29, 1.82) is 0 Å². The fourth-order valence-corrected chi connectivity index (χ4v) is 11.4. The van der Waals surface area contributed by atoms with Crippen LogP contribution in [0.4, 0.5) is 17.1 Å². The zero-order valence-corrected chi connectivity index (χ0v) is 36.6. The molecule has 0 spiro atoms. The zero-order chi connectivity index (χ0) is 43.0. The molecule has 2 atom stereocenters. The highest BCUT2D eigenvalue weighted by Crippen LogP contribution is 2.59. The Balaban J connectivity index is 1.07. The molecule has 0 bridgehead atoms. The van der Waals surface area contributed by atoms with Crippen molar-refractivity contribution in [1.82, 2.24) is 0 Å². The first-order chi connectivity index (χ1) is 31.6. The zero-order valence-electron chi connectivity index (χ0n) is 36.6. The Labute approximate surface area is 379 Å². The van der Waals surface area contributed by atoms with E-state index < -0.39 is 5.41 Å². The molecule has 2 unspecified atom stereocenters. The number of hydrogen-bond acceptors (Lipinski definition) is 1. The van der Waals surface area contributed by atoms with Gasteiger partial charge in [0.2, 0.25) is 0 Å². The smallest absolute Gasteiger partial charge is 0.0714 e. The minimum Gasteiger partial charge on any atom is -0.310 e. The summed E-state index contributed by atoms with van der Waals surface area (Å²) >= 11 is 0. The van der Waals surface area contributed by atoms with Crippen LogP contribution >= 0.6 is 0 Å². The first-order valence-electron chi connectivity index (χ1n) is 23.1. The molecule has 9 aromatic carbocycles. The van der Waals surface area contributed by atoms with Crippen LogP contribution in [0.1, 0.15) is 60.4 Å². The lowest BCUT2D eigenvalue weighted by molar-refractivity contribution is 0.321. The van der Waals surface area contributed by atoms with Gasteiger partial charge in [-0.3, -0.25) is 0 Å². The van der Waals surface area contributed by atoms with E-state index in [0.717, 1.165) is 29.6 Å². The molecule has 1 nitrogen and oxygen atoms in total. The summed E-state index contributed by atoms with van der Waals surface area (Å²) in [7, 11) is 0. The van der Waals surface area contributed by atoms with Gasteiger partial charge in [0.15, 0.2) is 0 Å². The molecule has 1 fully saturated rings. The van der Waals surface area contributed by atoms with E-state index in [4.69, 9.17) is 0 Å². The van der Waals surface area contributed by atoms with E-state index in [9.17, 15) is 0 Å². The fraction of sp³-hybridized carbons (Fsp3) is 0.143. The molecule has 64 heavy (non-hydrogen) atoms. The average Bonchev–Trinajstić information content (AvgIpc) is 3.66. The van der Waals surface area contributed by atoms with Crippen molar-refractivity contribution in [3.8, 4) is 33.4 Å². The molecule has 0 heterocycles. The Kier molecular flexibility index (Phi) is 10.4. The van der Waals surface area contributed by atoms with Gasteiger partial charge in [0.25, 0.3) is 0 Å². The van der Waals surface area contributed by atoms with Crippen LogP contribution in [-0.2, 0) is 11.8 Å². The van der Waals surface area contributed by atoms with Crippen LogP contribution in [0.15, 0.2) is 231 Å². The Morgan fingerprint density at radius 1 is 0.500 bits per heavy atom. The van der Waals surface area contributed by atoms with Gasteiger partial charge in [-0.1, -0.05) is 207 Å². The van der Waals surface area contributed by atoms with Gasteiger partial charge < -0.3 is 4.90 Å². The second kappa shape index (κ2) is 16.8. The lowest BCUT2D eigenvalue weighted by Gasteiger charge is -2.34. The first-order valence-corrected chi connectivity index (χ1v) is 23.1. The minimum atomic E-state index is -0.489. The monoisotopic (exact) mass is 823 g/mol. The van der Waals surface area contributed by atoms with Gasteiger partial charge in [-0.05, 0) is 141 Å². The number of anilines is 3. The van der Waals surface area contributed by atoms with Gasteiger partial charge >= 0.3 is 0 Å². The average molecular weight is 824 g/mol. The van der Waals surface area contributed by atoms with Gasteiger partial charge in [-0.25, -0.2) is 0 Å². The number of fused-ring (bicyclic) bond motifs is 4. The molecular formula is C63H53N. The fourth-order valence-electron chi connectivity index (χ4n) is 11.4. The normalized spacial score (nSPS) is 16.3. The molecule has 2 aliphatic carbocycles. The van der Waals surface area contributed by atoms with Crippen LogP contribution in [0.2, 0.25) is 0 Å². The van der Waals surface area contributed by atoms with Gasteiger partial charge in [-0.15, -0.1) is 0 Å². The SMILES string of the molecule is C=C1CC(C)CC(CCc2ccc(N(c3ccc(-c4cccc5cccc(-c6ccccc6)c45)cc3)c3cccc4c3-c3ccccc3C4(c3ccccc3)c3ccccc3)cc2)C1. The van der Waals surface area contributed by atoms with Crippen LogP contribution in [0.5, 0.6) is 0 Å². The van der Waals surface area contributed by atoms with Gasteiger partial charge in [0.1, 0.15) is 0 Å². The van der Waals surface area contributed by atoms with Crippen molar-refractivity contribution >= 4 is 27.8 Å². The second-order valence-corrected chi connectivity index (χ2v) is 18.3. The predicted molar refractivity (Wildman–Crippen MR) is 271 cm³/mol. The van der Waals surface area contributed by atoms with Gasteiger partial charge in [0.05, 0.1) is 11.1 Å². The summed E-state index contributed by atoms with van der Waals surface area (Å²) in [6, 6.07) is 81.2. The molecule has 11 rings (SSSR count). The molecule has 0 aliphatic heterocycles. The van der Waals surface area contributed by atoms with Gasteiger partial charge in [0, 0.05) is 16.9 Å². The second-order valence-electron chi connectivity index (χ2n) is 18.3. The van der Waals surface area contributed by atoms with Crippen molar-refractivity contribution in [3.05, 3.63) is 258 Å². The highest BCUT2D eigenvalue weighted by molar-refractivity contribution is 6.06. The summed E-state index contributed by atoms with van der Waals surface area (Å²) in [6.45, 7) is 6.78. The number of allylic oxidation sites excluding steroid dienone is 1. The highest BCUT2D eigenvalue weighted by atomic mass is 15.1. The van der Waals surface area contributed by atoms with E-state index in [-0.39, 0.29) is 0 Å². The summed E-state index contributed by atoms with van der Waals surface area (Å²) in [5.41, 5.74) is 18.4. The maximum atomic E-state index is 4.39. The Hall–Kier alpha value is -7.22. The van der Waals surface area contributed by atoms with Crippen molar-refractivity contribution in [2.24, 2.45) is 11.8 Å². The lowest BCUT2D eigenvalue weighted by atomic mass is 9.68. The van der Waals surface area contributed by atoms with Crippen molar-refractivity contribution < 1.29 is 0 Å². The number of aryl methyl sites for hydroxylation is 1. The molecule has 0 aromatic heterocycles. The van der Waals surface area contributed by atoms with E-state index in [0.29, 0.717) is 0 Å². The minimum absolute atomic E-state index is 0.489. The van der Waals surface area contributed by atoms with Crippen molar-refractivity contribution in [2.75, 3.05) is 4.90 Å². The van der Waals surface area contributed by atoms with Crippen molar-refractivity contribution in [2.45, 2.75) is 44.4 Å². The van der Waals surface area contributed by atoms with Crippen molar-refractivity contribution in [3.63, 3.8) is 0 Å². The molecule has 9 aromatic rings. The lowest BCUT2D eigenvalue weighted by Crippen LogP contribution is -2.28. The largest absolute Gasteiger partial charge is 0.310 e. The Bertz CT molecular complexity index is 3050. The van der Waals surface area contributed by atoms with Gasteiger partial charge in [-0.2, -0.15) is 0 Å². The number of hydrogen-bond donors (Lipinski definition) is 0. The van der Waals surface area contributed by atoms with Crippen LogP contribution in [0.25, 0.3) is 44.2 Å². The maximum Gasteiger partial charge on any atom is 0.0714 e. The van der Waals surface area contributed by atoms with E-state index >= 15 is 0 Å². The molecule has 0 N–H and O–H groups in total. The van der Waals surface area contributed by atoms with Crippen LogP contribution < -0.4 is 4.90 Å². The first kappa shape index (κ1) is 39.6. The molecular weight excluding hydrogens is 771 g/mol. The quantitative estimate of drug-likeness (QED) is 0.124. The van der Waals surface area contributed by atoms with Crippen LogP contribution in [0.3, 0.4) is 0 Å². The molecule has 0 radical (unpaired) electrons. The van der Waals surface area contributed by atoms with E-state index in [1.54, 1.807) is 0 Å². The summed E-state index contributed by atoms with van der Waals surface area (Å²) in [6.07, 6.45) is 5.95. The number of nitrogens with zero attached hydrogens (tertiary/aromatic N) is 1. The molecule has 0 amide bonds. The Morgan fingerprint density at radius 2 is 1.03 bits per heavy atom. The molecule has 2 aliphatic rings. The van der Waals surface area contributed by atoms with Crippen LogP contribution in [-0.4, -0.2) is 0 Å². The number of benzene rings is 9. The molecule has 0 saturated heterocycles. The third-order valence-electron chi connectivity index (χ3n) is 14.1. The standard InChI is InChI=1S/C63H53N/c1-44-41-45(2)43-47(42-44)32-31-46-33-37-53(38-34-46)64(54-39-35-49(36-40-54)56-27-15-20-50-19-14-26-55(61(50)56)48-17-6-3-7-18-48)60-30-16-29-59-62(60)57-25-12-13-28-58(57)63(59,51-21-8-4-9-22-51)52-23-10-5-11-24-52/h3-30,33-40,45,47H,1,31-32,41-43H2,2H3. The topological polar surface area (TPSA) is 3.24 Å². The third kappa shape index (κ3) is 6.97. The molecule has 1 saturated carbocycles. The maximum absolute atomic E-state index is 4.39. The Morgan fingerprint density at radius 3 is 1.67 bits per heavy atom. The van der Waals surface area contributed by atoms with E-state index in [2.05, 4.69) is 237 Å². The predicted octanol–water partition coefficient (Wildman–Crippen LogP) is 16.9. The summed E-state index contributed by atoms with van der Waals surface area (Å²) in [5.74, 6) is 1.46. The summed E-state index contributed by atoms with van der Waals surface area (Å²) < 4.78 is 0. The van der Waals surface area contributed by atoms with E-state index in [1.165, 1.54) is 109 Å². The van der Waals surface area contributed by atoms with E-state index in [1.807, 2.05) is 0 Å². The molecule has 310 valence electrons. The summed E-state index contributed by atoms with van der Waals surface area (Å²) in [5, 5.41) is 2.52. The van der Waals surface area contributed by atoms with Crippen LogP contribution in [0, 0.1) is 11.8 Å². The number of rotatable bonds is 10. The summed E-state index contributed by atoms with van der Waals surface area (Å²) in [4.78, 5) is 2.50. The highest BCUT2D eigenvalue weighted by Gasteiger charge is 2.47.